The average molecular weight is 200 g/mol. The number of carbonyl (C=O) groups is 1. The predicted molar refractivity (Wildman–Crippen MR) is 48.6 cm³/mol. The highest BCUT2D eigenvalue weighted by Crippen LogP contribution is 2.43. The van der Waals surface area contributed by atoms with Crippen molar-refractivity contribution >= 4 is 5.97 Å². The number of aliphatic hydroxyl groups excluding tert-OH is 1. The van der Waals surface area contributed by atoms with Crippen LogP contribution in [0, 0.1) is 11.8 Å². The highest BCUT2D eigenvalue weighted by Gasteiger charge is 2.50. The number of carbonyl (C=O) groups excluding carboxylic acids is 1. The molecule has 1 aliphatic heterocycles. The highest BCUT2D eigenvalue weighted by atomic mass is 16.5. The summed E-state index contributed by atoms with van der Waals surface area (Å²) in [6.45, 7) is -0.0905. The molecule has 2 rings (SSSR count). The molecule has 0 aromatic heterocycles. The number of fused-ring (bicyclic) bond motifs is 1. The van der Waals surface area contributed by atoms with Crippen LogP contribution in [-0.2, 0) is 14.3 Å². The minimum absolute atomic E-state index is 0.0905. The summed E-state index contributed by atoms with van der Waals surface area (Å²) in [4.78, 5) is 11.5. The van der Waals surface area contributed by atoms with Gasteiger partial charge in [0.25, 0.3) is 0 Å². The Kier molecular flexibility index (Phi) is 2.74. The molecule has 2 aliphatic rings. The Morgan fingerprint density at radius 2 is 2.36 bits per heavy atom. The number of esters is 1. The third-order valence-electron chi connectivity index (χ3n) is 3.37. The Morgan fingerprint density at radius 3 is 3.00 bits per heavy atom. The SMILES string of the molecule is COC(=O)[C@H]1C2CCC[C@@H]2O[C@@H]1CO. The first-order valence-electron chi connectivity index (χ1n) is 5.12. The zero-order chi connectivity index (χ0) is 10.1. The van der Waals surface area contributed by atoms with Crippen molar-refractivity contribution in [1.82, 2.24) is 0 Å². The number of rotatable bonds is 2. The molecule has 1 N–H and O–H groups in total. The topological polar surface area (TPSA) is 55.8 Å². The van der Waals surface area contributed by atoms with Gasteiger partial charge in [0, 0.05) is 5.92 Å². The van der Waals surface area contributed by atoms with Crippen molar-refractivity contribution in [3.8, 4) is 0 Å². The van der Waals surface area contributed by atoms with E-state index in [9.17, 15) is 4.79 Å². The molecule has 80 valence electrons. The zero-order valence-corrected chi connectivity index (χ0v) is 8.31. The van der Waals surface area contributed by atoms with E-state index in [0.29, 0.717) is 0 Å². The highest BCUT2D eigenvalue weighted by molar-refractivity contribution is 5.74. The minimum atomic E-state index is -0.349. The fourth-order valence-electron chi connectivity index (χ4n) is 2.74. The van der Waals surface area contributed by atoms with Crippen LogP contribution in [0.2, 0.25) is 0 Å². The quantitative estimate of drug-likeness (QED) is 0.653. The molecule has 0 aromatic carbocycles. The lowest BCUT2D eigenvalue weighted by atomic mass is 9.88. The van der Waals surface area contributed by atoms with Crippen LogP contribution in [0.15, 0.2) is 0 Å². The van der Waals surface area contributed by atoms with E-state index in [0.717, 1.165) is 19.3 Å². The number of methoxy groups -OCH3 is 1. The minimum Gasteiger partial charge on any atom is -0.469 e. The van der Waals surface area contributed by atoms with Gasteiger partial charge in [-0.1, -0.05) is 6.42 Å². The van der Waals surface area contributed by atoms with Crippen LogP contribution in [-0.4, -0.2) is 37.0 Å². The molecule has 4 atom stereocenters. The molecular weight excluding hydrogens is 184 g/mol. The molecule has 2 fully saturated rings. The van der Waals surface area contributed by atoms with E-state index >= 15 is 0 Å². The Balaban J connectivity index is 2.13. The summed E-state index contributed by atoms with van der Waals surface area (Å²) in [7, 11) is 1.39. The second-order valence-electron chi connectivity index (χ2n) is 4.04. The number of hydrogen-bond donors (Lipinski definition) is 1. The zero-order valence-electron chi connectivity index (χ0n) is 8.31. The number of ether oxygens (including phenoxy) is 2. The van der Waals surface area contributed by atoms with Gasteiger partial charge in [0.05, 0.1) is 31.8 Å². The van der Waals surface area contributed by atoms with Gasteiger partial charge < -0.3 is 14.6 Å². The monoisotopic (exact) mass is 200 g/mol. The van der Waals surface area contributed by atoms with Crippen molar-refractivity contribution < 1.29 is 19.4 Å². The van der Waals surface area contributed by atoms with Crippen molar-refractivity contribution in [2.75, 3.05) is 13.7 Å². The molecule has 1 unspecified atom stereocenters. The Morgan fingerprint density at radius 1 is 1.57 bits per heavy atom. The van der Waals surface area contributed by atoms with Crippen LogP contribution in [0.5, 0.6) is 0 Å². The average Bonchev–Trinajstić information content (AvgIpc) is 2.74. The number of aliphatic hydroxyl groups is 1. The summed E-state index contributed by atoms with van der Waals surface area (Å²) < 4.78 is 10.4. The molecular formula is C10H16O4. The van der Waals surface area contributed by atoms with Crippen molar-refractivity contribution in [3.05, 3.63) is 0 Å². The molecule has 4 heteroatoms. The molecule has 4 nitrogen and oxygen atoms in total. The van der Waals surface area contributed by atoms with Gasteiger partial charge in [-0.2, -0.15) is 0 Å². The largest absolute Gasteiger partial charge is 0.469 e. The molecule has 0 radical (unpaired) electrons. The van der Waals surface area contributed by atoms with Gasteiger partial charge in [0.15, 0.2) is 0 Å². The van der Waals surface area contributed by atoms with E-state index in [1.165, 1.54) is 7.11 Å². The standard InChI is InChI=1S/C10H16O4/c1-13-10(12)9-6-3-2-4-7(6)14-8(9)5-11/h6-9,11H,2-5H2,1H3/t6?,7-,8+,9-/m0/s1. The maximum Gasteiger partial charge on any atom is 0.311 e. The first kappa shape index (κ1) is 9.93. The van der Waals surface area contributed by atoms with Crippen molar-refractivity contribution in [1.29, 1.82) is 0 Å². The Labute approximate surface area is 83.2 Å². The van der Waals surface area contributed by atoms with Gasteiger partial charge in [0.1, 0.15) is 0 Å². The van der Waals surface area contributed by atoms with Crippen LogP contribution in [0.1, 0.15) is 19.3 Å². The van der Waals surface area contributed by atoms with E-state index in [-0.39, 0.29) is 36.6 Å². The molecule has 0 spiro atoms. The van der Waals surface area contributed by atoms with E-state index in [1.807, 2.05) is 0 Å². The summed E-state index contributed by atoms with van der Waals surface area (Å²) in [5.74, 6) is -0.226. The normalized spacial score (nSPS) is 41.0. The van der Waals surface area contributed by atoms with Crippen molar-refractivity contribution in [2.45, 2.75) is 31.5 Å². The summed E-state index contributed by atoms with van der Waals surface area (Å²) in [5, 5.41) is 9.10. The molecule has 0 amide bonds. The van der Waals surface area contributed by atoms with Crippen LogP contribution < -0.4 is 0 Å². The van der Waals surface area contributed by atoms with Gasteiger partial charge in [0.2, 0.25) is 0 Å². The molecule has 0 aromatic rings. The fraction of sp³-hybridized carbons (Fsp3) is 0.900. The second kappa shape index (κ2) is 3.87. The third kappa shape index (κ3) is 1.42. The molecule has 1 saturated heterocycles. The van der Waals surface area contributed by atoms with E-state index in [4.69, 9.17) is 14.6 Å². The fourth-order valence-corrected chi connectivity index (χ4v) is 2.74. The molecule has 14 heavy (non-hydrogen) atoms. The van der Waals surface area contributed by atoms with E-state index in [2.05, 4.69) is 0 Å². The second-order valence-corrected chi connectivity index (χ2v) is 4.04. The maximum atomic E-state index is 11.5. The van der Waals surface area contributed by atoms with Gasteiger partial charge in [-0.3, -0.25) is 4.79 Å². The molecule has 1 aliphatic carbocycles. The van der Waals surface area contributed by atoms with Gasteiger partial charge in [-0.05, 0) is 12.8 Å². The molecule has 0 bridgehead atoms. The van der Waals surface area contributed by atoms with Crippen LogP contribution >= 0.6 is 0 Å². The van der Waals surface area contributed by atoms with Gasteiger partial charge >= 0.3 is 5.97 Å². The predicted octanol–water partition coefficient (Wildman–Crippen LogP) is 0.335. The first-order valence-corrected chi connectivity index (χ1v) is 5.12. The lowest BCUT2D eigenvalue weighted by Crippen LogP contribution is -2.32. The smallest absolute Gasteiger partial charge is 0.311 e. The van der Waals surface area contributed by atoms with Crippen molar-refractivity contribution in [2.24, 2.45) is 11.8 Å². The Bertz CT molecular complexity index is 228. The van der Waals surface area contributed by atoms with E-state index < -0.39 is 0 Å². The Hall–Kier alpha value is -0.610. The summed E-state index contributed by atoms with van der Waals surface area (Å²) in [6.07, 6.45) is 2.95. The molecule has 1 saturated carbocycles. The third-order valence-corrected chi connectivity index (χ3v) is 3.37. The van der Waals surface area contributed by atoms with Crippen molar-refractivity contribution in [3.63, 3.8) is 0 Å². The number of hydrogen-bond acceptors (Lipinski definition) is 4. The summed E-state index contributed by atoms with van der Waals surface area (Å²) in [5.41, 5.74) is 0. The van der Waals surface area contributed by atoms with Crippen LogP contribution in [0.4, 0.5) is 0 Å². The molecule has 1 heterocycles. The summed E-state index contributed by atoms with van der Waals surface area (Å²) in [6, 6.07) is 0. The van der Waals surface area contributed by atoms with Gasteiger partial charge in [-0.15, -0.1) is 0 Å². The summed E-state index contributed by atoms with van der Waals surface area (Å²) >= 11 is 0. The lowest BCUT2D eigenvalue weighted by molar-refractivity contribution is -0.149. The lowest BCUT2D eigenvalue weighted by Gasteiger charge is -2.17. The van der Waals surface area contributed by atoms with Gasteiger partial charge in [-0.25, -0.2) is 0 Å². The maximum absolute atomic E-state index is 11.5. The van der Waals surface area contributed by atoms with Crippen LogP contribution in [0.3, 0.4) is 0 Å². The van der Waals surface area contributed by atoms with Crippen LogP contribution in [0.25, 0.3) is 0 Å². The van der Waals surface area contributed by atoms with E-state index in [1.54, 1.807) is 0 Å². The first-order chi connectivity index (χ1) is 6.77.